The first kappa shape index (κ1) is 26.4. The van der Waals surface area contributed by atoms with Crippen molar-refractivity contribution in [1.82, 2.24) is 4.57 Å². The first-order valence-corrected chi connectivity index (χ1v) is 12.3. The number of halogens is 1. The highest BCUT2D eigenvalue weighted by Gasteiger charge is 2.16. The monoisotopic (exact) mass is 504 g/mol. The van der Waals surface area contributed by atoms with Gasteiger partial charge in [-0.2, -0.15) is 0 Å². The molecule has 0 aliphatic heterocycles. The second kappa shape index (κ2) is 12.0. The lowest BCUT2D eigenvalue weighted by Gasteiger charge is -2.15. The fourth-order valence-electron chi connectivity index (χ4n) is 4.38. The molecule has 0 saturated carbocycles. The highest BCUT2D eigenvalue weighted by Crippen LogP contribution is 2.34. The number of hydrogen-bond acceptors (Lipinski definition) is 5. The van der Waals surface area contributed by atoms with Crippen LogP contribution in [0.15, 0.2) is 60.8 Å². The zero-order valence-corrected chi connectivity index (χ0v) is 21.6. The minimum Gasteiger partial charge on any atom is -0.489 e. The maximum Gasteiger partial charge on any atom is 0.310 e. The molecular weight excluding hydrogens is 471 g/mol. The third-order valence-corrected chi connectivity index (χ3v) is 6.36. The fourth-order valence-corrected chi connectivity index (χ4v) is 4.38. The number of nitrogens with two attached hydrogens (primary N) is 1. The molecule has 0 atom stereocenters. The lowest BCUT2D eigenvalue weighted by atomic mass is 9.97. The molecule has 0 aliphatic rings. The highest BCUT2D eigenvalue weighted by molar-refractivity contribution is 5.96. The molecule has 1 heterocycles. The van der Waals surface area contributed by atoms with E-state index in [0.29, 0.717) is 36.5 Å². The van der Waals surface area contributed by atoms with Crippen molar-refractivity contribution >= 4 is 16.9 Å². The number of aryl methyl sites for hydroxylation is 2. The number of carbonyl (C=O) groups excluding carboxylic acids is 1. The van der Waals surface area contributed by atoms with Crippen LogP contribution in [0, 0.1) is 12.7 Å². The van der Waals surface area contributed by atoms with Crippen molar-refractivity contribution in [3.8, 4) is 16.9 Å². The van der Waals surface area contributed by atoms with Gasteiger partial charge in [0.25, 0.3) is 0 Å². The van der Waals surface area contributed by atoms with E-state index in [2.05, 4.69) is 0 Å². The van der Waals surface area contributed by atoms with E-state index in [-0.39, 0.29) is 31.4 Å². The summed E-state index contributed by atoms with van der Waals surface area (Å²) in [6, 6.07) is 17.0. The second-order valence-corrected chi connectivity index (χ2v) is 9.13. The summed E-state index contributed by atoms with van der Waals surface area (Å²) in [4.78, 5) is 12.4. The molecule has 0 fully saturated rings. The molecule has 4 rings (SSSR count). The predicted octanol–water partition coefficient (Wildman–Crippen LogP) is 5.45. The number of ether oxygens (including phenoxy) is 3. The molecule has 1 aromatic heterocycles. The van der Waals surface area contributed by atoms with Crippen LogP contribution in [0.5, 0.6) is 5.75 Å². The standard InChI is InChI=1S/C30H33FN2O4/c1-20-8-9-22(17-29(34)36-13-5-12-35-3)28(14-20)37-19-21-15-26(24-10-11-33(2)27(24)16-21)25-7-4-6-23(18-32)30(25)31/h4,6-11,14-16H,5,12-13,17-19,32H2,1-3H3. The molecule has 6 nitrogen and oxygen atoms in total. The van der Waals surface area contributed by atoms with Crippen LogP contribution in [0.2, 0.25) is 0 Å². The molecule has 4 aromatic rings. The van der Waals surface area contributed by atoms with Gasteiger partial charge in [0, 0.05) is 67.5 Å². The van der Waals surface area contributed by atoms with E-state index in [1.165, 1.54) is 0 Å². The van der Waals surface area contributed by atoms with Crippen LogP contribution in [0.1, 0.15) is 28.7 Å². The molecule has 0 bridgehead atoms. The van der Waals surface area contributed by atoms with Gasteiger partial charge in [0.15, 0.2) is 0 Å². The summed E-state index contributed by atoms with van der Waals surface area (Å²) in [5, 5.41) is 0.951. The van der Waals surface area contributed by atoms with Crippen molar-refractivity contribution in [1.29, 1.82) is 0 Å². The minimum absolute atomic E-state index is 0.113. The molecule has 0 amide bonds. The van der Waals surface area contributed by atoms with Gasteiger partial charge in [-0.1, -0.05) is 30.3 Å². The van der Waals surface area contributed by atoms with Gasteiger partial charge >= 0.3 is 5.97 Å². The van der Waals surface area contributed by atoms with E-state index >= 15 is 4.39 Å². The Morgan fingerprint density at radius 3 is 2.65 bits per heavy atom. The van der Waals surface area contributed by atoms with Crippen LogP contribution in [-0.4, -0.2) is 30.9 Å². The zero-order valence-electron chi connectivity index (χ0n) is 21.6. The topological polar surface area (TPSA) is 75.7 Å². The molecule has 37 heavy (non-hydrogen) atoms. The van der Waals surface area contributed by atoms with Crippen molar-refractivity contribution in [2.75, 3.05) is 20.3 Å². The zero-order chi connectivity index (χ0) is 26.4. The lowest BCUT2D eigenvalue weighted by Crippen LogP contribution is -2.11. The number of fused-ring (bicyclic) bond motifs is 1. The number of hydrogen-bond donors (Lipinski definition) is 1. The second-order valence-electron chi connectivity index (χ2n) is 9.13. The Hall–Kier alpha value is -3.68. The van der Waals surface area contributed by atoms with Crippen LogP contribution in [0.25, 0.3) is 22.0 Å². The number of aromatic nitrogens is 1. The Kier molecular flexibility index (Phi) is 8.58. The van der Waals surface area contributed by atoms with Crippen LogP contribution in [-0.2, 0) is 40.9 Å². The van der Waals surface area contributed by atoms with Gasteiger partial charge < -0.3 is 24.5 Å². The average Bonchev–Trinajstić information content (AvgIpc) is 3.27. The molecule has 0 unspecified atom stereocenters. The molecule has 0 radical (unpaired) electrons. The van der Waals surface area contributed by atoms with Gasteiger partial charge in [-0.25, -0.2) is 4.39 Å². The third-order valence-electron chi connectivity index (χ3n) is 6.36. The third kappa shape index (κ3) is 6.18. The number of carbonyl (C=O) groups is 1. The smallest absolute Gasteiger partial charge is 0.310 e. The van der Waals surface area contributed by atoms with E-state index in [1.807, 2.05) is 67.2 Å². The first-order chi connectivity index (χ1) is 17.9. The molecule has 7 heteroatoms. The van der Waals surface area contributed by atoms with Gasteiger partial charge in [0.2, 0.25) is 0 Å². The quantitative estimate of drug-likeness (QED) is 0.217. The number of methoxy groups -OCH3 is 1. The molecular formula is C30H33FN2O4. The summed E-state index contributed by atoms with van der Waals surface area (Å²) >= 11 is 0. The number of esters is 1. The maximum atomic E-state index is 15.3. The van der Waals surface area contributed by atoms with Crippen LogP contribution in [0.3, 0.4) is 0 Å². The minimum atomic E-state index is -0.312. The predicted molar refractivity (Wildman–Crippen MR) is 143 cm³/mol. The number of nitrogens with zero attached hydrogens (tertiary/aromatic N) is 1. The van der Waals surface area contributed by atoms with E-state index < -0.39 is 0 Å². The van der Waals surface area contributed by atoms with Crippen LogP contribution in [0.4, 0.5) is 4.39 Å². The fraction of sp³-hybridized carbons (Fsp3) is 0.300. The SMILES string of the molecule is COCCCOC(=O)Cc1ccc(C)cc1OCc1cc(-c2cccc(CN)c2F)c2ccn(C)c2c1. The van der Waals surface area contributed by atoms with E-state index in [0.717, 1.165) is 33.2 Å². The summed E-state index contributed by atoms with van der Waals surface area (Å²) in [6.07, 6.45) is 2.72. The van der Waals surface area contributed by atoms with Gasteiger partial charge in [0.1, 0.15) is 18.2 Å². The summed E-state index contributed by atoms with van der Waals surface area (Å²) < 4.78 is 33.8. The van der Waals surface area contributed by atoms with E-state index in [1.54, 1.807) is 19.2 Å². The summed E-state index contributed by atoms with van der Waals surface area (Å²) in [6.45, 7) is 3.22. The molecule has 0 saturated heterocycles. The lowest BCUT2D eigenvalue weighted by molar-refractivity contribution is -0.143. The number of rotatable bonds is 11. The van der Waals surface area contributed by atoms with Gasteiger partial charge in [0.05, 0.1) is 13.0 Å². The first-order valence-electron chi connectivity index (χ1n) is 12.3. The summed E-state index contributed by atoms with van der Waals surface area (Å²) in [5.74, 6) is 0.00413. The van der Waals surface area contributed by atoms with Crippen molar-refractivity contribution in [2.45, 2.75) is 32.9 Å². The molecule has 3 aromatic carbocycles. The molecule has 0 spiro atoms. The highest BCUT2D eigenvalue weighted by atomic mass is 19.1. The van der Waals surface area contributed by atoms with E-state index in [9.17, 15) is 4.79 Å². The maximum absolute atomic E-state index is 15.3. The largest absolute Gasteiger partial charge is 0.489 e. The van der Waals surface area contributed by atoms with Crippen molar-refractivity contribution < 1.29 is 23.4 Å². The molecule has 194 valence electrons. The summed E-state index contributed by atoms with van der Waals surface area (Å²) in [7, 11) is 3.57. The Labute approximate surface area is 216 Å². The average molecular weight is 505 g/mol. The Morgan fingerprint density at radius 2 is 1.86 bits per heavy atom. The summed E-state index contributed by atoms with van der Waals surface area (Å²) in [5.41, 5.74) is 11.2. The van der Waals surface area contributed by atoms with Gasteiger partial charge in [-0.3, -0.25) is 4.79 Å². The van der Waals surface area contributed by atoms with Gasteiger partial charge in [-0.05, 0) is 47.9 Å². The van der Waals surface area contributed by atoms with Crippen molar-refractivity contribution in [3.63, 3.8) is 0 Å². The normalized spacial score (nSPS) is 11.2. The van der Waals surface area contributed by atoms with E-state index in [4.69, 9.17) is 19.9 Å². The van der Waals surface area contributed by atoms with Crippen LogP contribution < -0.4 is 10.5 Å². The van der Waals surface area contributed by atoms with Crippen molar-refractivity contribution in [2.24, 2.45) is 12.8 Å². The van der Waals surface area contributed by atoms with Crippen LogP contribution >= 0.6 is 0 Å². The Bertz CT molecular complexity index is 1400. The molecule has 0 aliphatic carbocycles. The van der Waals surface area contributed by atoms with Gasteiger partial charge in [-0.15, -0.1) is 0 Å². The Morgan fingerprint density at radius 1 is 1.03 bits per heavy atom. The number of benzene rings is 3. The Balaban J connectivity index is 1.60. The molecule has 2 N–H and O–H groups in total. The van der Waals surface area contributed by atoms with Crippen molar-refractivity contribution in [3.05, 3.63) is 88.9 Å².